The molecule has 1 aromatic rings. The first-order valence-corrected chi connectivity index (χ1v) is 8.93. The quantitative estimate of drug-likeness (QED) is 0.636. The number of rotatable bonds is 4. The third kappa shape index (κ3) is 3.83. The maximum Gasteiger partial charge on any atom is 0.338 e. The monoisotopic (exact) mass is 382 g/mol. The lowest BCUT2D eigenvalue weighted by molar-refractivity contribution is -0.136. The van der Waals surface area contributed by atoms with E-state index in [0.29, 0.717) is 29.8 Å². The summed E-state index contributed by atoms with van der Waals surface area (Å²) in [6, 6.07) is 5.58. The minimum Gasteiger partial charge on any atom is -0.466 e. The molecular formula is C21H22N2O5. The van der Waals surface area contributed by atoms with E-state index in [4.69, 9.17) is 4.74 Å². The molecule has 1 saturated heterocycles. The number of ether oxygens (including phenoxy) is 2. The number of hydrogen-bond donors (Lipinski definition) is 1. The van der Waals surface area contributed by atoms with Crippen LogP contribution in [0.5, 0.6) is 0 Å². The van der Waals surface area contributed by atoms with Gasteiger partial charge < -0.3 is 19.7 Å². The molecule has 7 nitrogen and oxygen atoms in total. The number of benzene rings is 1. The van der Waals surface area contributed by atoms with Gasteiger partial charge >= 0.3 is 11.9 Å². The number of allylic oxidation sites excluding steroid dienone is 1. The fourth-order valence-corrected chi connectivity index (χ4v) is 3.32. The lowest BCUT2D eigenvalue weighted by Gasteiger charge is -2.15. The molecule has 7 heteroatoms. The fourth-order valence-electron chi connectivity index (χ4n) is 3.32. The van der Waals surface area contributed by atoms with Crippen LogP contribution in [0.2, 0.25) is 0 Å². The van der Waals surface area contributed by atoms with Crippen molar-refractivity contribution in [1.82, 2.24) is 4.90 Å². The van der Waals surface area contributed by atoms with Crippen molar-refractivity contribution in [3.63, 3.8) is 0 Å². The van der Waals surface area contributed by atoms with Crippen molar-refractivity contribution in [2.45, 2.75) is 19.8 Å². The molecule has 1 aromatic carbocycles. The lowest BCUT2D eigenvalue weighted by Crippen LogP contribution is -2.15. The van der Waals surface area contributed by atoms with Gasteiger partial charge in [-0.2, -0.15) is 0 Å². The number of methoxy groups -OCH3 is 2. The molecule has 1 amide bonds. The van der Waals surface area contributed by atoms with Crippen LogP contribution >= 0.6 is 0 Å². The number of nitrogens with zero attached hydrogens (tertiary/aromatic N) is 1. The van der Waals surface area contributed by atoms with Gasteiger partial charge in [0.1, 0.15) is 0 Å². The molecule has 1 N–H and O–H groups in total. The Kier molecular flexibility index (Phi) is 5.63. The van der Waals surface area contributed by atoms with E-state index in [1.807, 2.05) is 30.0 Å². The van der Waals surface area contributed by atoms with Crippen LogP contribution in [0.3, 0.4) is 0 Å². The van der Waals surface area contributed by atoms with Gasteiger partial charge in [0.25, 0.3) is 5.91 Å². The average Bonchev–Trinajstić information content (AvgIpc) is 3.26. The van der Waals surface area contributed by atoms with Crippen molar-refractivity contribution in [3.8, 4) is 0 Å². The van der Waals surface area contributed by atoms with Crippen LogP contribution < -0.4 is 5.32 Å². The van der Waals surface area contributed by atoms with Crippen LogP contribution in [0.15, 0.2) is 47.8 Å². The maximum atomic E-state index is 12.6. The first-order valence-electron chi connectivity index (χ1n) is 8.93. The third-order valence-corrected chi connectivity index (χ3v) is 4.70. The Balaban J connectivity index is 2.08. The predicted octanol–water partition coefficient (Wildman–Crippen LogP) is 2.54. The summed E-state index contributed by atoms with van der Waals surface area (Å²) in [5.74, 6) is -1.39. The highest BCUT2D eigenvalue weighted by Gasteiger charge is 2.30. The van der Waals surface area contributed by atoms with Crippen LogP contribution in [0, 0.1) is 6.92 Å². The molecule has 146 valence electrons. The molecule has 0 unspecified atom stereocenters. The summed E-state index contributed by atoms with van der Waals surface area (Å²) in [5, 5.41) is 2.80. The van der Waals surface area contributed by atoms with E-state index in [1.54, 1.807) is 12.3 Å². The summed E-state index contributed by atoms with van der Waals surface area (Å²) >= 11 is 0. The molecule has 0 bridgehead atoms. The number of likely N-dealkylation sites (tertiary alicyclic amines) is 1. The molecule has 0 spiro atoms. The zero-order valence-corrected chi connectivity index (χ0v) is 16.1. The Morgan fingerprint density at radius 3 is 2.71 bits per heavy atom. The second-order valence-electron chi connectivity index (χ2n) is 6.55. The second-order valence-corrected chi connectivity index (χ2v) is 6.55. The summed E-state index contributed by atoms with van der Waals surface area (Å²) in [7, 11) is 2.60. The molecule has 3 rings (SSSR count). The number of amides is 1. The SMILES string of the molecule is COC(=O)/C=C/N1CCC/C1=C\C(C(=O)OC)=C1/C(=O)Nc2ccc(C)cc21. The second kappa shape index (κ2) is 8.12. The topological polar surface area (TPSA) is 84.9 Å². The Bertz CT molecular complexity index is 927. The number of esters is 2. The molecular weight excluding hydrogens is 360 g/mol. The highest BCUT2D eigenvalue weighted by molar-refractivity contribution is 6.35. The molecule has 1 fully saturated rings. The van der Waals surface area contributed by atoms with Gasteiger partial charge in [-0.25, -0.2) is 9.59 Å². The van der Waals surface area contributed by atoms with Gasteiger partial charge in [-0.15, -0.1) is 0 Å². The van der Waals surface area contributed by atoms with Gasteiger partial charge in [0.15, 0.2) is 0 Å². The molecule has 0 atom stereocenters. The molecule has 2 aliphatic rings. The molecule has 28 heavy (non-hydrogen) atoms. The summed E-state index contributed by atoms with van der Waals surface area (Å²) in [6.45, 7) is 2.62. The molecule has 2 aliphatic heterocycles. The van der Waals surface area contributed by atoms with E-state index in [0.717, 1.165) is 17.7 Å². The number of carbonyl (C=O) groups is 3. The van der Waals surface area contributed by atoms with Gasteiger partial charge in [0.05, 0.1) is 25.4 Å². The number of nitrogens with one attached hydrogen (secondary N) is 1. The van der Waals surface area contributed by atoms with Crippen molar-refractivity contribution < 1.29 is 23.9 Å². The van der Waals surface area contributed by atoms with Gasteiger partial charge in [0, 0.05) is 35.8 Å². The van der Waals surface area contributed by atoms with Crippen molar-refractivity contribution in [1.29, 1.82) is 0 Å². The highest BCUT2D eigenvalue weighted by atomic mass is 16.5. The molecule has 0 aromatic heterocycles. The number of anilines is 1. The Labute approximate surface area is 163 Å². The van der Waals surface area contributed by atoms with E-state index >= 15 is 0 Å². The molecule has 0 aliphatic carbocycles. The third-order valence-electron chi connectivity index (χ3n) is 4.70. The van der Waals surface area contributed by atoms with Gasteiger partial charge in [-0.1, -0.05) is 11.6 Å². The zero-order valence-electron chi connectivity index (χ0n) is 16.1. The maximum absolute atomic E-state index is 12.6. The molecule has 0 radical (unpaired) electrons. The van der Waals surface area contributed by atoms with Crippen molar-refractivity contribution in [2.75, 3.05) is 26.1 Å². The van der Waals surface area contributed by atoms with Gasteiger partial charge in [-0.3, -0.25) is 4.79 Å². The minimum atomic E-state index is -0.587. The van der Waals surface area contributed by atoms with E-state index in [-0.39, 0.29) is 11.5 Å². The first kappa shape index (κ1) is 19.4. The van der Waals surface area contributed by atoms with E-state index in [2.05, 4.69) is 10.1 Å². The predicted molar refractivity (Wildman–Crippen MR) is 104 cm³/mol. The fraction of sp³-hybridized carbons (Fsp3) is 0.286. The standard InChI is InChI=1S/C21H22N2O5/c1-13-6-7-17-15(11-13)19(20(25)22-17)16(21(26)28-3)12-14-5-4-9-23(14)10-8-18(24)27-2/h6-8,10-12H,4-5,9H2,1-3H3,(H,22,25)/b10-8+,14-12+,19-16+. The number of carbonyl (C=O) groups excluding carboxylic acids is 3. The van der Waals surface area contributed by atoms with Crippen LogP contribution in [0.4, 0.5) is 5.69 Å². The first-order chi connectivity index (χ1) is 13.4. The number of fused-ring (bicyclic) bond motifs is 1. The number of hydrogen-bond acceptors (Lipinski definition) is 6. The summed E-state index contributed by atoms with van der Waals surface area (Å²) in [6.07, 6.45) is 6.19. The Hall–Kier alpha value is -3.35. The van der Waals surface area contributed by atoms with Gasteiger partial charge in [-0.05, 0) is 38.0 Å². The zero-order chi connectivity index (χ0) is 20.3. The largest absolute Gasteiger partial charge is 0.466 e. The van der Waals surface area contributed by atoms with Crippen LogP contribution in [0.25, 0.3) is 5.57 Å². The van der Waals surface area contributed by atoms with Gasteiger partial charge in [0.2, 0.25) is 0 Å². The lowest BCUT2D eigenvalue weighted by atomic mass is 9.98. The van der Waals surface area contributed by atoms with Crippen LogP contribution in [-0.4, -0.2) is 43.5 Å². The summed E-state index contributed by atoms with van der Waals surface area (Å²) in [5.41, 5.74) is 3.63. The molecule has 0 saturated carbocycles. The summed E-state index contributed by atoms with van der Waals surface area (Å²) in [4.78, 5) is 38.4. The number of aryl methyl sites for hydroxylation is 1. The minimum absolute atomic E-state index is 0.192. The molecule has 2 heterocycles. The van der Waals surface area contributed by atoms with Crippen molar-refractivity contribution >= 4 is 29.1 Å². The van der Waals surface area contributed by atoms with E-state index < -0.39 is 11.9 Å². The summed E-state index contributed by atoms with van der Waals surface area (Å²) < 4.78 is 9.57. The van der Waals surface area contributed by atoms with Crippen molar-refractivity contribution in [3.05, 3.63) is 58.9 Å². The van der Waals surface area contributed by atoms with Crippen molar-refractivity contribution in [2.24, 2.45) is 0 Å². The highest BCUT2D eigenvalue weighted by Crippen LogP contribution is 2.36. The normalized spacial score (nSPS) is 19.0. The van der Waals surface area contributed by atoms with Crippen LogP contribution in [0.1, 0.15) is 24.0 Å². The van der Waals surface area contributed by atoms with Crippen LogP contribution in [-0.2, 0) is 23.9 Å². The van der Waals surface area contributed by atoms with E-state index in [9.17, 15) is 14.4 Å². The van der Waals surface area contributed by atoms with E-state index in [1.165, 1.54) is 20.3 Å². The Morgan fingerprint density at radius 1 is 1.21 bits per heavy atom. The smallest absolute Gasteiger partial charge is 0.338 e. The average molecular weight is 382 g/mol. The Morgan fingerprint density at radius 2 is 2.00 bits per heavy atom.